The minimum atomic E-state index is -0.436. The van der Waals surface area contributed by atoms with Crippen molar-refractivity contribution in [1.82, 2.24) is 9.88 Å². The summed E-state index contributed by atoms with van der Waals surface area (Å²) in [6.45, 7) is 3.78. The average molecular weight is 366 g/mol. The molecule has 0 spiro atoms. The standard InChI is InChI=1S/C20H18N2O5/c1-13-10-15(26-20(24)22-6-8-25-9-7-22)12-16-18(13)19(23)17(27-16)11-14-2-4-21-5-3-14/h2-5,10-12H,6-9H2,1H3/b17-11-. The second-order valence-corrected chi connectivity index (χ2v) is 6.30. The summed E-state index contributed by atoms with van der Waals surface area (Å²) in [5, 5.41) is 0. The minimum absolute atomic E-state index is 0.189. The number of carbonyl (C=O) groups is 2. The maximum absolute atomic E-state index is 12.7. The Hall–Kier alpha value is -3.19. The number of aryl methyl sites for hydroxylation is 1. The Morgan fingerprint density at radius 2 is 1.96 bits per heavy atom. The van der Waals surface area contributed by atoms with Crippen LogP contribution in [-0.2, 0) is 4.74 Å². The summed E-state index contributed by atoms with van der Waals surface area (Å²) in [7, 11) is 0. The van der Waals surface area contributed by atoms with Crippen molar-refractivity contribution in [3.05, 3.63) is 59.1 Å². The van der Waals surface area contributed by atoms with Gasteiger partial charge in [-0.2, -0.15) is 0 Å². The summed E-state index contributed by atoms with van der Waals surface area (Å²) in [5.41, 5.74) is 2.00. The van der Waals surface area contributed by atoms with E-state index in [1.807, 2.05) is 0 Å². The smallest absolute Gasteiger partial charge is 0.415 e. The molecular weight excluding hydrogens is 348 g/mol. The van der Waals surface area contributed by atoms with Crippen LogP contribution in [0.1, 0.15) is 21.5 Å². The van der Waals surface area contributed by atoms with Gasteiger partial charge in [-0.1, -0.05) is 0 Å². The molecule has 7 nitrogen and oxygen atoms in total. The average Bonchev–Trinajstić information content (AvgIpc) is 2.99. The summed E-state index contributed by atoms with van der Waals surface area (Å²) in [6, 6.07) is 6.82. The molecule has 3 heterocycles. The van der Waals surface area contributed by atoms with Gasteiger partial charge in [0.1, 0.15) is 11.5 Å². The van der Waals surface area contributed by atoms with Gasteiger partial charge in [0.15, 0.2) is 5.76 Å². The summed E-state index contributed by atoms with van der Waals surface area (Å²) in [4.78, 5) is 30.5. The largest absolute Gasteiger partial charge is 0.452 e. The maximum atomic E-state index is 12.7. The van der Waals surface area contributed by atoms with Gasteiger partial charge in [-0.3, -0.25) is 9.78 Å². The van der Waals surface area contributed by atoms with E-state index in [2.05, 4.69) is 4.98 Å². The van der Waals surface area contributed by atoms with E-state index in [-0.39, 0.29) is 11.5 Å². The molecule has 0 N–H and O–H groups in total. The van der Waals surface area contributed by atoms with E-state index in [1.54, 1.807) is 54.6 Å². The van der Waals surface area contributed by atoms with Crippen LogP contribution in [0, 0.1) is 6.92 Å². The lowest BCUT2D eigenvalue weighted by Gasteiger charge is -2.25. The summed E-state index contributed by atoms with van der Waals surface area (Å²) >= 11 is 0. The van der Waals surface area contributed by atoms with E-state index in [4.69, 9.17) is 14.2 Å². The highest BCUT2D eigenvalue weighted by molar-refractivity contribution is 6.15. The van der Waals surface area contributed by atoms with Crippen molar-refractivity contribution in [2.24, 2.45) is 0 Å². The number of hydrogen-bond acceptors (Lipinski definition) is 6. The molecule has 1 aromatic heterocycles. The number of hydrogen-bond donors (Lipinski definition) is 0. The molecule has 0 atom stereocenters. The normalized spacial score (nSPS) is 17.6. The van der Waals surface area contributed by atoms with Crippen LogP contribution in [0.5, 0.6) is 11.5 Å². The Morgan fingerprint density at radius 1 is 1.22 bits per heavy atom. The summed E-state index contributed by atoms with van der Waals surface area (Å²) in [5.74, 6) is 0.784. The number of allylic oxidation sites excluding steroid dienone is 1. The zero-order valence-electron chi connectivity index (χ0n) is 14.8. The highest BCUT2D eigenvalue weighted by atomic mass is 16.6. The van der Waals surface area contributed by atoms with E-state index in [9.17, 15) is 9.59 Å². The highest BCUT2D eigenvalue weighted by Gasteiger charge is 2.30. The predicted octanol–water partition coefficient (Wildman–Crippen LogP) is 2.84. The first-order valence-corrected chi connectivity index (χ1v) is 8.65. The molecule has 27 heavy (non-hydrogen) atoms. The summed E-state index contributed by atoms with van der Waals surface area (Å²) < 4.78 is 16.4. The van der Waals surface area contributed by atoms with Crippen LogP contribution in [0.4, 0.5) is 4.79 Å². The number of fused-ring (bicyclic) bond motifs is 1. The fourth-order valence-corrected chi connectivity index (χ4v) is 3.06. The van der Waals surface area contributed by atoms with E-state index >= 15 is 0 Å². The predicted molar refractivity (Wildman–Crippen MR) is 96.8 cm³/mol. The van der Waals surface area contributed by atoms with Gasteiger partial charge >= 0.3 is 6.09 Å². The van der Waals surface area contributed by atoms with Crippen molar-refractivity contribution in [3.8, 4) is 11.5 Å². The minimum Gasteiger partial charge on any atom is -0.452 e. The van der Waals surface area contributed by atoms with Crippen molar-refractivity contribution < 1.29 is 23.8 Å². The molecule has 0 unspecified atom stereocenters. The number of ether oxygens (including phenoxy) is 3. The summed E-state index contributed by atoms with van der Waals surface area (Å²) in [6.07, 6.45) is 4.53. The zero-order valence-corrected chi connectivity index (χ0v) is 14.8. The van der Waals surface area contributed by atoms with E-state index < -0.39 is 6.09 Å². The Kier molecular flexibility index (Phi) is 4.60. The Bertz CT molecular complexity index is 917. The van der Waals surface area contributed by atoms with Crippen LogP contribution in [0.2, 0.25) is 0 Å². The quantitative estimate of drug-likeness (QED) is 0.761. The molecule has 138 valence electrons. The van der Waals surface area contributed by atoms with Gasteiger partial charge in [-0.05, 0) is 42.3 Å². The van der Waals surface area contributed by atoms with Crippen molar-refractivity contribution in [2.45, 2.75) is 6.92 Å². The van der Waals surface area contributed by atoms with Crippen molar-refractivity contribution in [2.75, 3.05) is 26.3 Å². The fourth-order valence-electron chi connectivity index (χ4n) is 3.06. The van der Waals surface area contributed by atoms with Gasteiger partial charge in [0, 0.05) is 31.5 Å². The molecule has 7 heteroatoms. The third-order valence-corrected chi connectivity index (χ3v) is 4.42. The van der Waals surface area contributed by atoms with Crippen LogP contribution in [0.15, 0.2) is 42.4 Å². The number of ketones is 1. The Labute approximate surface area is 156 Å². The van der Waals surface area contributed by atoms with Gasteiger partial charge in [-0.15, -0.1) is 0 Å². The molecule has 1 fully saturated rings. The number of rotatable bonds is 2. The Balaban J connectivity index is 1.56. The molecule has 0 aliphatic carbocycles. The number of carbonyl (C=O) groups excluding carboxylic acids is 2. The van der Waals surface area contributed by atoms with E-state index in [0.717, 1.165) is 5.56 Å². The third kappa shape index (κ3) is 3.54. The molecule has 2 aliphatic heterocycles. The van der Waals surface area contributed by atoms with E-state index in [1.165, 1.54) is 0 Å². The van der Waals surface area contributed by atoms with Crippen molar-refractivity contribution in [3.63, 3.8) is 0 Å². The molecular formula is C20H18N2O5. The van der Waals surface area contributed by atoms with Crippen molar-refractivity contribution >= 4 is 18.0 Å². The first kappa shape index (κ1) is 17.2. The van der Waals surface area contributed by atoms with Gasteiger partial charge < -0.3 is 19.1 Å². The highest BCUT2D eigenvalue weighted by Crippen LogP contribution is 2.37. The molecule has 1 amide bonds. The molecule has 4 rings (SSSR count). The SMILES string of the molecule is Cc1cc(OC(=O)N2CCOCC2)cc2c1C(=O)/C(=C/c1ccncc1)O2. The molecule has 2 aliphatic rings. The molecule has 1 saturated heterocycles. The molecule has 0 bridgehead atoms. The topological polar surface area (TPSA) is 78.0 Å². The first-order valence-electron chi connectivity index (χ1n) is 8.65. The monoisotopic (exact) mass is 366 g/mol. The second kappa shape index (κ2) is 7.20. The molecule has 1 aromatic carbocycles. The lowest BCUT2D eigenvalue weighted by Crippen LogP contribution is -2.42. The number of amides is 1. The second-order valence-electron chi connectivity index (χ2n) is 6.30. The molecule has 2 aromatic rings. The number of benzene rings is 1. The number of aromatic nitrogens is 1. The number of pyridine rings is 1. The van der Waals surface area contributed by atoms with Crippen molar-refractivity contribution in [1.29, 1.82) is 0 Å². The van der Waals surface area contributed by atoms with Gasteiger partial charge in [-0.25, -0.2) is 4.79 Å². The van der Waals surface area contributed by atoms with Crippen LogP contribution < -0.4 is 9.47 Å². The van der Waals surface area contributed by atoms with Crippen LogP contribution in [-0.4, -0.2) is 48.1 Å². The van der Waals surface area contributed by atoms with Gasteiger partial charge in [0.2, 0.25) is 5.78 Å². The molecule has 0 radical (unpaired) electrons. The van der Waals surface area contributed by atoms with Gasteiger partial charge in [0.25, 0.3) is 0 Å². The van der Waals surface area contributed by atoms with E-state index in [0.29, 0.717) is 48.9 Å². The van der Waals surface area contributed by atoms with Gasteiger partial charge in [0.05, 0.1) is 18.8 Å². The fraction of sp³-hybridized carbons (Fsp3) is 0.250. The third-order valence-electron chi connectivity index (χ3n) is 4.42. The number of nitrogens with zero attached hydrogens (tertiary/aromatic N) is 2. The van der Waals surface area contributed by atoms with Crippen LogP contribution in [0.3, 0.4) is 0 Å². The Morgan fingerprint density at radius 3 is 2.70 bits per heavy atom. The lowest BCUT2D eigenvalue weighted by atomic mass is 10.0. The van der Waals surface area contributed by atoms with Crippen LogP contribution >= 0.6 is 0 Å². The maximum Gasteiger partial charge on any atom is 0.415 e. The number of morpholine rings is 1. The first-order chi connectivity index (χ1) is 13.1. The number of Topliss-reactive ketones (excluding diaryl/α,β-unsaturated/α-hetero) is 1. The van der Waals surface area contributed by atoms with Crippen LogP contribution in [0.25, 0.3) is 6.08 Å². The molecule has 0 saturated carbocycles. The lowest BCUT2D eigenvalue weighted by molar-refractivity contribution is 0.0416. The zero-order chi connectivity index (χ0) is 18.8.